The molecule has 0 fully saturated rings. The van der Waals surface area contributed by atoms with E-state index in [0.29, 0.717) is 18.1 Å². The summed E-state index contributed by atoms with van der Waals surface area (Å²) in [4.78, 5) is 0. The van der Waals surface area contributed by atoms with Gasteiger partial charge in [0.05, 0.1) is 0 Å². The minimum atomic E-state index is 0.0601. The number of allylic oxidation sites excluding steroid dienone is 3. The van der Waals surface area contributed by atoms with Crippen LogP contribution < -0.4 is 4.74 Å². The maximum atomic E-state index is 10.5. The summed E-state index contributed by atoms with van der Waals surface area (Å²) < 4.78 is 6.48. The zero-order valence-corrected chi connectivity index (χ0v) is 20.1. The van der Waals surface area contributed by atoms with Crippen molar-refractivity contribution in [2.24, 2.45) is 5.92 Å². The molecule has 1 aliphatic heterocycles. The van der Waals surface area contributed by atoms with Gasteiger partial charge in [-0.3, -0.25) is 0 Å². The van der Waals surface area contributed by atoms with Crippen molar-refractivity contribution < 1.29 is 9.84 Å². The van der Waals surface area contributed by atoms with E-state index < -0.39 is 0 Å². The van der Waals surface area contributed by atoms with E-state index in [9.17, 15) is 5.11 Å². The van der Waals surface area contributed by atoms with E-state index in [-0.39, 0.29) is 6.10 Å². The van der Waals surface area contributed by atoms with Crippen LogP contribution >= 0.6 is 0 Å². The van der Waals surface area contributed by atoms with Crippen LogP contribution in [-0.2, 0) is 6.42 Å². The molecule has 0 spiro atoms. The lowest BCUT2D eigenvalue weighted by atomic mass is 9.94. The van der Waals surface area contributed by atoms with Gasteiger partial charge in [0, 0.05) is 6.42 Å². The molecule has 0 aliphatic carbocycles. The van der Waals surface area contributed by atoms with Crippen molar-refractivity contribution in [3.05, 3.63) is 65.0 Å². The molecule has 0 saturated carbocycles. The van der Waals surface area contributed by atoms with Gasteiger partial charge < -0.3 is 9.84 Å². The second-order valence-electron chi connectivity index (χ2n) is 7.30. The van der Waals surface area contributed by atoms with Gasteiger partial charge >= 0.3 is 0 Å². The van der Waals surface area contributed by atoms with Crippen LogP contribution in [0.4, 0.5) is 0 Å². The van der Waals surface area contributed by atoms with Crippen molar-refractivity contribution >= 4 is 0 Å². The van der Waals surface area contributed by atoms with Gasteiger partial charge in [0.2, 0.25) is 0 Å². The fourth-order valence-electron chi connectivity index (χ4n) is 3.50. The number of fused-ring (bicyclic) bond motifs is 1. The Morgan fingerprint density at radius 1 is 1.21 bits per heavy atom. The van der Waals surface area contributed by atoms with Crippen molar-refractivity contribution in [3.8, 4) is 5.75 Å². The largest absolute Gasteiger partial charge is 0.507 e. The highest BCUT2D eigenvalue weighted by Gasteiger charge is 2.21. The van der Waals surface area contributed by atoms with Crippen LogP contribution in [0, 0.1) is 12.8 Å². The van der Waals surface area contributed by atoms with Crippen LogP contribution in [0.3, 0.4) is 0 Å². The Morgan fingerprint density at radius 3 is 2.45 bits per heavy atom. The van der Waals surface area contributed by atoms with Crippen LogP contribution in [-0.4, -0.2) is 11.2 Å². The molecule has 1 N–H and O–H groups in total. The maximum absolute atomic E-state index is 10.5. The van der Waals surface area contributed by atoms with Gasteiger partial charge in [-0.25, -0.2) is 0 Å². The quantitative estimate of drug-likeness (QED) is 0.405. The lowest BCUT2D eigenvalue weighted by Crippen LogP contribution is -2.18. The minimum Gasteiger partial charge on any atom is -0.507 e. The summed E-state index contributed by atoms with van der Waals surface area (Å²) in [5.74, 6) is 2.03. The highest BCUT2D eigenvalue weighted by Crippen LogP contribution is 2.32. The van der Waals surface area contributed by atoms with Gasteiger partial charge in [0.1, 0.15) is 17.6 Å². The second kappa shape index (κ2) is 15.0. The zero-order valence-electron chi connectivity index (χ0n) is 20.1. The highest BCUT2D eigenvalue weighted by molar-refractivity contribution is 5.41. The van der Waals surface area contributed by atoms with E-state index in [1.165, 1.54) is 17.5 Å². The molecule has 0 radical (unpaired) electrons. The van der Waals surface area contributed by atoms with Gasteiger partial charge in [-0.15, -0.1) is 0 Å². The molecule has 0 saturated heterocycles. The number of rotatable bonds is 4. The van der Waals surface area contributed by atoms with Crippen LogP contribution in [0.25, 0.3) is 0 Å². The number of hydrogen-bond acceptors (Lipinski definition) is 2. The van der Waals surface area contributed by atoms with Crippen LogP contribution in [0.15, 0.2) is 53.8 Å². The molecule has 1 aliphatic rings. The molecule has 0 aromatic heterocycles. The third-order valence-corrected chi connectivity index (χ3v) is 5.17. The second-order valence-corrected chi connectivity index (χ2v) is 7.30. The number of aliphatic hydroxyl groups is 1. The molecule has 2 rings (SSSR count). The molecular weight excluding hydrogens is 356 g/mol. The monoisotopic (exact) mass is 400 g/mol. The molecule has 2 heteroatoms. The fraction of sp³-hybridized carbons (Fsp3) is 0.556. The predicted molar refractivity (Wildman–Crippen MR) is 129 cm³/mol. The molecule has 2 nitrogen and oxygen atoms in total. The standard InChI is InChI=1S/C23H32O2.2C2H6/c1-6-17(4)22(24)19(7-2)15-21-13-8-10-16(3)14-20-12-9-11-18(5)23(20)25-21;2*1-2/h6-7,9,11-12,16,21,24H,2,8,10,13-15H2,1,3-5H3;2*1-2H3/b17-6-,22-19-;;/t16?,21-;;/m1../s1. The Labute approximate surface area is 180 Å². The normalized spacial score (nSPS) is 19.9. The average Bonchev–Trinajstić information content (AvgIpc) is 2.82. The summed E-state index contributed by atoms with van der Waals surface area (Å²) >= 11 is 0. The van der Waals surface area contributed by atoms with E-state index in [1.807, 2.05) is 47.6 Å². The topological polar surface area (TPSA) is 29.5 Å². The number of hydrogen-bond donors (Lipinski definition) is 1. The molecule has 164 valence electrons. The average molecular weight is 401 g/mol. The summed E-state index contributed by atoms with van der Waals surface area (Å²) in [6, 6.07) is 6.42. The lowest BCUT2D eigenvalue weighted by molar-refractivity contribution is 0.185. The maximum Gasteiger partial charge on any atom is 0.125 e. The minimum absolute atomic E-state index is 0.0601. The van der Waals surface area contributed by atoms with Gasteiger partial charge in [0.25, 0.3) is 0 Å². The molecule has 1 unspecified atom stereocenters. The highest BCUT2D eigenvalue weighted by atomic mass is 16.5. The number of benzene rings is 1. The number of aryl methyl sites for hydroxylation is 1. The molecule has 1 aromatic carbocycles. The molecular formula is C27H44O2. The van der Waals surface area contributed by atoms with Crippen molar-refractivity contribution in [3.63, 3.8) is 0 Å². The van der Waals surface area contributed by atoms with E-state index >= 15 is 0 Å². The molecule has 1 aromatic rings. The predicted octanol–water partition coefficient (Wildman–Crippen LogP) is 8.51. The first-order valence-corrected chi connectivity index (χ1v) is 11.4. The van der Waals surface area contributed by atoms with E-state index in [1.54, 1.807) is 6.08 Å². The Morgan fingerprint density at radius 2 is 1.86 bits per heavy atom. The van der Waals surface area contributed by atoms with Crippen molar-refractivity contribution in [1.29, 1.82) is 0 Å². The van der Waals surface area contributed by atoms with Gasteiger partial charge in [-0.05, 0) is 68.2 Å². The first-order valence-electron chi connectivity index (χ1n) is 11.4. The molecule has 2 atom stereocenters. The van der Waals surface area contributed by atoms with Crippen LogP contribution in [0.2, 0.25) is 0 Å². The number of para-hydroxylation sites is 1. The first kappa shape index (κ1) is 27.0. The Balaban J connectivity index is 0.00000184. The summed E-state index contributed by atoms with van der Waals surface area (Å²) in [6.07, 6.45) is 8.85. The fourth-order valence-corrected chi connectivity index (χ4v) is 3.50. The van der Waals surface area contributed by atoms with E-state index in [0.717, 1.165) is 36.2 Å². The van der Waals surface area contributed by atoms with Gasteiger partial charge in [-0.2, -0.15) is 0 Å². The third kappa shape index (κ3) is 8.51. The van der Waals surface area contributed by atoms with Crippen LogP contribution in [0.1, 0.15) is 85.3 Å². The Bertz CT molecular complexity index is 667. The van der Waals surface area contributed by atoms with E-state index in [2.05, 4.69) is 38.6 Å². The molecule has 29 heavy (non-hydrogen) atoms. The van der Waals surface area contributed by atoms with E-state index in [4.69, 9.17) is 4.74 Å². The summed E-state index contributed by atoms with van der Waals surface area (Å²) in [5, 5.41) is 10.5. The van der Waals surface area contributed by atoms with Gasteiger partial charge in [0.15, 0.2) is 0 Å². The number of aliphatic hydroxyl groups excluding tert-OH is 1. The van der Waals surface area contributed by atoms with Crippen molar-refractivity contribution in [2.45, 2.75) is 93.6 Å². The first-order chi connectivity index (χ1) is 14.0. The molecule has 0 amide bonds. The smallest absolute Gasteiger partial charge is 0.125 e. The lowest BCUT2D eigenvalue weighted by Gasteiger charge is -2.22. The SMILES string of the molecule is C=C/C(C[C@H]1CCCC(C)Cc2cccc(C)c2O1)=C(O)\C(C)=C/C.CC.CC. The summed E-state index contributed by atoms with van der Waals surface area (Å²) in [7, 11) is 0. The third-order valence-electron chi connectivity index (χ3n) is 5.17. The number of ether oxygens (including phenoxy) is 1. The van der Waals surface area contributed by atoms with Crippen molar-refractivity contribution in [2.75, 3.05) is 0 Å². The van der Waals surface area contributed by atoms with Gasteiger partial charge in [-0.1, -0.05) is 78.0 Å². The van der Waals surface area contributed by atoms with Crippen molar-refractivity contribution in [1.82, 2.24) is 0 Å². The molecule has 1 heterocycles. The Hall–Kier alpha value is -1.96. The van der Waals surface area contributed by atoms with Crippen LogP contribution in [0.5, 0.6) is 5.75 Å². The molecule has 0 bridgehead atoms. The summed E-state index contributed by atoms with van der Waals surface area (Å²) in [5.41, 5.74) is 4.23. The summed E-state index contributed by atoms with van der Waals surface area (Å²) in [6.45, 7) is 20.2. The Kier molecular flexibility index (Phi) is 13.9. The zero-order chi connectivity index (χ0) is 22.4.